The highest BCUT2D eigenvalue weighted by molar-refractivity contribution is 5.95. The zero-order valence-corrected chi connectivity index (χ0v) is 83.0. The molecule has 8 aromatic rings. The molecule has 8 bridgehead atoms. The van der Waals surface area contributed by atoms with E-state index in [0.717, 1.165) is 229 Å². The second-order valence-corrected chi connectivity index (χ2v) is 40.7. The van der Waals surface area contributed by atoms with Crippen LogP contribution in [0.15, 0.2) is 245 Å². The average molecular weight is 1900 g/mol. The van der Waals surface area contributed by atoms with E-state index in [1.165, 1.54) is 99.3 Å². The molecular weight excluding hydrogens is 1750 g/mol. The maximum absolute atomic E-state index is 12.9. The fourth-order valence-electron chi connectivity index (χ4n) is 24.8. The topological polar surface area (TPSA) is 214 Å². The first-order valence-corrected chi connectivity index (χ1v) is 52.5. The first-order valence-electron chi connectivity index (χ1n) is 52.5. The van der Waals surface area contributed by atoms with Crippen LogP contribution >= 0.6 is 0 Å². The summed E-state index contributed by atoms with van der Waals surface area (Å²) in [6, 6.07) is 69.7. The van der Waals surface area contributed by atoms with E-state index in [4.69, 9.17) is 9.47 Å². The number of fused-ring (bicyclic) bond motifs is 8. The number of benzene rings is 8. The number of aromatic hydroxyl groups is 2. The van der Waals surface area contributed by atoms with Crippen molar-refractivity contribution >= 4 is 23.6 Å². The lowest BCUT2D eigenvalue weighted by Crippen LogP contribution is -2.45. The van der Waals surface area contributed by atoms with Crippen molar-refractivity contribution < 1.29 is 38.9 Å². The number of ether oxygens (including phenoxy) is 2. The number of amides is 4. The largest absolute Gasteiger partial charge is 0.508 e. The molecule has 12 atom stereocenters. The van der Waals surface area contributed by atoms with Gasteiger partial charge in [0.1, 0.15) is 23.0 Å². The summed E-state index contributed by atoms with van der Waals surface area (Å²) in [7, 11) is 3.45. The molecule has 12 unspecified atom stereocenters. The summed E-state index contributed by atoms with van der Waals surface area (Å²) in [5.74, 6) is 2.19. The lowest BCUT2D eigenvalue weighted by molar-refractivity contribution is 0.0743. The van der Waals surface area contributed by atoms with Gasteiger partial charge in [0, 0.05) is 201 Å². The number of hydrogen-bond donors (Lipinski definition) is 6. The molecule has 12 aliphatic heterocycles. The molecule has 0 spiro atoms. The fraction of sp³-hybridized carbons (Fsp3) is 0.483. The molecule has 12 fully saturated rings. The summed E-state index contributed by atoms with van der Waals surface area (Å²) in [5.41, 5.74) is 24.4. The molecule has 12 aliphatic rings. The van der Waals surface area contributed by atoms with Crippen molar-refractivity contribution in [3.05, 3.63) is 312 Å². The van der Waals surface area contributed by atoms with Crippen molar-refractivity contribution in [3.63, 3.8) is 0 Å². The molecule has 6 N–H and O–H groups in total. The highest BCUT2D eigenvalue weighted by Gasteiger charge is 2.44. The van der Waals surface area contributed by atoms with E-state index >= 15 is 0 Å². The summed E-state index contributed by atoms with van der Waals surface area (Å²) in [4.78, 5) is 72.2. The second-order valence-electron chi connectivity index (χ2n) is 40.7. The van der Waals surface area contributed by atoms with Gasteiger partial charge >= 0.3 is 0 Å². The zero-order chi connectivity index (χ0) is 96.8. The normalized spacial score (nSPS) is 24.4. The number of carbonyl (C=O) groups excluding carboxylic acids is 4. The van der Waals surface area contributed by atoms with Crippen molar-refractivity contribution in [2.24, 2.45) is 0 Å². The molecule has 24 nitrogen and oxygen atoms in total. The van der Waals surface area contributed by atoms with Gasteiger partial charge < -0.3 is 19.7 Å². The Hall–Kier alpha value is -10.7. The number of hydrogen-bond acceptors (Lipinski definition) is 20. The van der Waals surface area contributed by atoms with Gasteiger partial charge in [-0.15, -0.1) is 26.3 Å². The van der Waals surface area contributed by atoms with Crippen molar-refractivity contribution in [1.29, 1.82) is 0 Å². The van der Waals surface area contributed by atoms with Crippen LogP contribution in [-0.2, 0) is 0 Å². The Balaban J connectivity index is 0.000000129. The molecule has 12 saturated heterocycles. The van der Waals surface area contributed by atoms with Gasteiger partial charge in [-0.1, -0.05) is 134 Å². The smallest absolute Gasteiger partial charge is 0.265 e. The molecule has 24 heteroatoms. The SMILES string of the molecule is C=CCN1C2CCC1CN(C(c1ccc(C(=O)NN3CCCC3)cc1)c1cccc(O)c1)CC2.C=CCN1C2CCC1CN(C(c1ccc(C(=O)NN3CCCC3)cc1)c1cccc(OC)c1)CC2.C=CCN1C2CCC1CN(C(c1ccc(C(=O)NN3CCCCC3)cc1)c1cccc(O)c1)CC2.C=CCN1C2CCC1CN(C(c1ccc(C(=O)NN3CCCCC3)cc1)c1cccc(OC)c1)CC2. The summed E-state index contributed by atoms with van der Waals surface area (Å²) in [6.45, 7) is 35.3. The third-order valence-electron chi connectivity index (χ3n) is 31.8. The molecule has 0 radical (unpaired) electrons. The van der Waals surface area contributed by atoms with E-state index in [9.17, 15) is 29.4 Å². The van der Waals surface area contributed by atoms with E-state index < -0.39 is 0 Å². The lowest BCUT2D eigenvalue weighted by atomic mass is 9.94. The number of nitrogens with one attached hydrogen (secondary N) is 4. The number of hydrazine groups is 4. The molecule has 0 saturated carbocycles. The predicted molar refractivity (Wildman–Crippen MR) is 557 cm³/mol. The molecule has 20 rings (SSSR count). The Kier molecular flexibility index (Phi) is 35.5. The average Bonchev–Trinajstić information content (AvgIpc) is 1.67. The van der Waals surface area contributed by atoms with E-state index in [1.54, 1.807) is 26.4 Å². The second kappa shape index (κ2) is 49.3. The highest BCUT2D eigenvalue weighted by atomic mass is 16.5. The van der Waals surface area contributed by atoms with Gasteiger partial charge in [-0.3, -0.25) is 80.1 Å². The summed E-state index contributed by atoms with van der Waals surface area (Å²) in [6.07, 6.45) is 34.4. The molecule has 140 heavy (non-hydrogen) atoms. The van der Waals surface area contributed by atoms with Gasteiger partial charge in [-0.25, -0.2) is 20.0 Å². The van der Waals surface area contributed by atoms with E-state index in [2.05, 4.69) is 189 Å². The van der Waals surface area contributed by atoms with Crippen LogP contribution in [0, 0.1) is 0 Å². The monoisotopic (exact) mass is 1900 g/mol. The Morgan fingerprint density at radius 3 is 0.736 bits per heavy atom. The molecule has 12 heterocycles. The van der Waals surface area contributed by atoms with Gasteiger partial charge in [-0.05, 0) is 270 Å². The maximum Gasteiger partial charge on any atom is 0.265 e. The number of phenols is 2. The lowest BCUT2D eigenvalue weighted by Gasteiger charge is -2.34. The zero-order valence-electron chi connectivity index (χ0n) is 83.0. The highest BCUT2D eigenvalue weighted by Crippen LogP contribution is 2.44. The summed E-state index contributed by atoms with van der Waals surface area (Å²) >= 11 is 0. The Morgan fingerprint density at radius 2 is 0.507 bits per heavy atom. The number of methoxy groups -OCH3 is 2. The molecule has 0 aromatic heterocycles. The van der Waals surface area contributed by atoms with Gasteiger partial charge in [0.25, 0.3) is 23.6 Å². The van der Waals surface area contributed by atoms with E-state index in [0.29, 0.717) is 70.6 Å². The summed E-state index contributed by atoms with van der Waals surface area (Å²) in [5, 5.41) is 28.6. The van der Waals surface area contributed by atoms with Crippen LogP contribution in [0.1, 0.15) is 251 Å². The van der Waals surface area contributed by atoms with Gasteiger partial charge in [-0.2, -0.15) is 0 Å². The number of piperidine rings is 2. The Labute approximate surface area is 831 Å². The number of nitrogens with zero attached hydrogens (tertiary/aromatic N) is 12. The van der Waals surface area contributed by atoms with Crippen molar-refractivity contribution in [3.8, 4) is 23.0 Å². The van der Waals surface area contributed by atoms with Gasteiger partial charge in [0.05, 0.1) is 38.4 Å². The third-order valence-corrected chi connectivity index (χ3v) is 31.8. The predicted octanol–water partition coefficient (Wildman–Crippen LogP) is 17.2. The van der Waals surface area contributed by atoms with Gasteiger partial charge in [0.2, 0.25) is 0 Å². The van der Waals surface area contributed by atoms with Crippen LogP contribution < -0.4 is 31.2 Å². The summed E-state index contributed by atoms with van der Waals surface area (Å²) < 4.78 is 11.1. The van der Waals surface area contributed by atoms with Crippen molar-refractivity contribution in [1.82, 2.24) is 80.9 Å². The molecule has 8 aromatic carbocycles. The van der Waals surface area contributed by atoms with Crippen LogP contribution in [-0.4, -0.2) is 287 Å². The fourth-order valence-corrected chi connectivity index (χ4v) is 24.8. The quantitative estimate of drug-likeness (QED) is 0.0231. The molecule has 4 amide bonds. The first kappa shape index (κ1) is 101. The maximum atomic E-state index is 12.9. The standard InChI is InChI=1S/C30H40N4O2.2C29H38N4O2.C28H36N4O2/c1-3-17-34-26-14-15-27(34)22-32(20-16-26)29(25-8-7-9-28(21-25)36-2)23-10-12-24(13-11-23)30(35)31-33-18-5-4-6-19-33;1-3-16-33-25-13-14-26(33)21-31(19-15-25)28(24-7-6-8-27(20-24)35-2)22-9-11-23(12-10-22)29(34)30-32-17-4-5-18-32;1-2-16-33-25-13-14-26(33)21-31(19-15-25)28(24-7-6-8-27(34)20-24)22-9-11-23(12-10-22)29(35)30-32-17-4-3-5-18-32;1-2-15-32-24-12-13-25(32)20-30(18-14-24)27(23-6-5-7-26(33)19-23)21-8-10-22(11-9-21)28(34)29-31-16-3-4-17-31/h3,7-13,21,26-27,29H,1,4-6,14-20,22H2,2H3,(H,31,35);3,6-12,20,25-26,28H,1,4-5,13-19,21H2,2H3,(H,30,34);2,6-12,20,25-26,28,34H,1,3-5,13-19,21H2,(H,30,35);2,5-11,19,24-25,27,33H,1,3-4,12-18,20H2,(H,29,34). The van der Waals surface area contributed by atoms with Crippen LogP contribution in [0.4, 0.5) is 0 Å². The molecular formula is C116H152N16O8. The minimum atomic E-state index is -0.0468. The van der Waals surface area contributed by atoms with Gasteiger partial charge in [0.15, 0.2) is 0 Å². The minimum Gasteiger partial charge on any atom is -0.508 e. The Bertz CT molecular complexity index is 5390. The van der Waals surface area contributed by atoms with Crippen LogP contribution in [0.25, 0.3) is 0 Å². The molecule has 744 valence electrons. The number of carbonyl (C=O) groups is 4. The number of rotatable bonds is 30. The van der Waals surface area contributed by atoms with Crippen molar-refractivity contribution in [2.75, 3.05) is 145 Å². The van der Waals surface area contributed by atoms with Crippen molar-refractivity contribution in [2.45, 2.75) is 214 Å². The van der Waals surface area contributed by atoms with E-state index in [-0.39, 0.29) is 59.3 Å². The Morgan fingerprint density at radius 1 is 0.286 bits per heavy atom. The minimum absolute atomic E-state index is 0.0199. The van der Waals surface area contributed by atoms with Crippen LogP contribution in [0.2, 0.25) is 0 Å². The van der Waals surface area contributed by atoms with Crippen LogP contribution in [0.5, 0.6) is 23.0 Å². The van der Waals surface area contributed by atoms with Crippen LogP contribution in [0.3, 0.4) is 0 Å². The number of phenolic OH excluding ortho intramolecular Hbond substituents is 2. The first-order chi connectivity index (χ1) is 68.6. The molecule has 0 aliphatic carbocycles. The van der Waals surface area contributed by atoms with E-state index in [1.807, 2.05) is 124 Å². The third kappa shape index (κ3) is 25.3. The number of likely N-dealkylation sites (tertiary alicyclic amines) is 4.